The van der Waals surface area contributed by atoms with Gasteiger partial charge in [-0.3, -0.25) is 0 Å². The first-order valence-electron chi connectivity index (χ1n) is 4.89. The topological polar surface area (TPSA) is 21.3 Å². The third-order valence-electron chi connectivity index (χ3n) is 2.21. The van der Waals surface area contributed by atoms with Crippen molar-refractivity contribution in [2.24, 2.45) is 0 Å². The van der Waals surface area contributed by atoms with Gasteiger partial charge in [0.15, 0.2) is 0 Å². The van der Waals surface area contributed by atoms with Crippen molar-refractivity contribution in [1.82, 2.24) is 5.32 Å². The molecule has 1 atom stereocenters. The molecule has 0 amide bonds. The molecule has 1 N–H and O–H groups in total. The van der Waals surface area contributed by atoms with Gasteiger partial charge in [-0.2, -0.15) is 0 Å². The minimum absolute atomic E-state index is 0.135. The normalized spacial score (nSPS) is 24.7. The molecule has 0 aromatic heterocycles. The van der Waals surface area contributed by atoms with Gasteiger partial charge >= 0.3 is 0 Å². The van der Waals surface area contributed by atoms with Gasteiger partial charge < -0.3 is 10.1 Å². The molecule has 0 aliphatic carbocycles. The van der Waals surface area contributed by atoms with Gasteiger partial charge in [-0.05, 0) is 32.4 Å². The Hall–Kier alpha value is -0.220. The van der Waals surface area contributed by atoms with Gasteiger partial charge in [0.2, 0.25) is 6.43 Å². The highest BCUT2D eigenvalue weighted by molar-refractivity contribution is 4.66. The zero-order chi connectivity index (χ0) is 9.52. The summed E-state index contributed by atoms with van der Waals surface area (Å²) in [7, 11) is 0. The van der Waals surface area contributed by atoms with Crippen molar-refractivity contribution in [3.8, 4) is 0 Å². The summed E-state index contributed by atoms with van der Waals surface area (Å²) < 4.78 is 28.9. The first-order valence-corrected chi connectivity index (χ1v) is 4.89. The number of halogens is 2. The Morgan fingerprint density at radius 1 is 1.31 bits per heavy atom. The van der Waals surface area contributed by atoms with Crippen molar-refractivity contribution in [1.29, 1.82) is 0 Å². The standard InChI is InChI=1S/C9H17F2NO/c10-9(11)4-7-13-8-2-1-5-12-6-3-8/h8-9,12H,1-7H2. The van der Waals surface area contributed by atoms with Crippen LogP contribution in [-0.2, 0) is 4.74 Å². The molecule has 78 valence electrons. The van der Waals surface area contributed by atoms with Crippen LogP contribution in [0.15, 0.2) is 0 Å². The van der Waals surface area contributed by atoms with Crippen LogP contribution in [0.5, 0.6) is 0 Å². The van der Waals surface area contributed by atoms with Crippen LogP contribution < -0.4 is 5.32 Å². The maximum Gasteiger partial charge on any atom is 0.240 e. The molecule has 1 fully saturated rings. The Morgan fingerprint density at radius 3 is 2.92 bits per heavy atom. The van der Waals surface area contributed by atoms with Crippen molar-refractivity contribution in [2.45, 2.75) is 38.2 Å². The van der Waals surface area contributed by atoms with E-state index in [0.29, 0.717) is 0 Å². The third kappa shape index (κ3) is 5.16. The fourth-order valence-corrected chi connectivity index (χ4v) is 1.48. The molecule has 1 unspecified atom stereocenters. The van der Waals surface area contributed by atoms with E-state index in [1.807, 2.05) is 0 Å². The molecule has 0 aromatic carbocycles. The highest BCUT2D eigenvalue weighted by atomic mass is 19.3. The highest BCUT2D eigenvalue weighted by Crippen LogP contribution is 2.10. The Bertz CT molecular complexity index is 125. The molecule has 1 heterocycles. The molecule has 0 spiro atoms. The molecule has 2 nitrogen and oxygen atoms in total. The van der Waals surface area contributed by atoms with Gasteiger partial charge in [0.05, 0.1) is 12.7 Å². The van der Waals surface area contributed by atoms with E-state index in [1.54, 1.807) is 0 Å². The lowest BCUT2D eigenvalue weighted by Gasteiger charge is -2.14. The van der Waals surface area contributed by atoms with Crippen LogP contribution in [0.25, 0.3) is 0 Å². The van der Waals surface area contributed by atoms with Crippen LogP contribution in [0.1, 0.15) is 25.7 Å². The van der Waals surface area contributed by atoms with E-state index >= 15 is 0 Å². The van der Waals surface area contributed by atoms with Gasteiger partial charge in [0.1, 0.15) is 0 Å². The summed E-state index contributed by atoms with van der Waals surface area (Å²) in [6.45, 7) is 2.16. The second-order valence-electron chi connectivity index (χ2n) is 3.35. The van der Waals surface area contributed by atoms with Crippen molar-refractivity contribution in [3.05, 3.63) is 0 Å². The van der Waals surface area contributed by atoms with E-state index in [1.165, 1.54) is 0 Å². The van der Waals surface area contributed by atoms with Crippen molar-refractivity contribution < 1.29 is 13.5 Å². The number of nitrogens with one attached hydrogen (secondary N) is 1. The minimum atomic E-state index is -2.23. The summed E-state index contributed by atoms with van der Waals surface area (Å²) in [5.74, 6) is 0. The molecule has 0 bridgehead atoms. The average Bonchev–Trinajstić information content (AvgIpc) is 2.32. The van der Waals surface area contributed by atoms with Gasteiger partial charge in [0.25, 0.3) is 0 Å². The van der Waals surface area contributed by atoms with E-state index in [0.717, 1.165) is 32.4 Å². The maximum atomic E-state index is 11.8. The minimum Gasteiger partial charge on any atom is -0.378 e. The number of ether oxygens (including phenoxy) is 1. The molecule has 1 aliphatic heterocycles. The molecule has 1 aliphatic rings. The first kappa shape index (κ1) is 10.9. The summed E-state index contributed by atoms with van der Waals surface area (Å²) in [4.78, 5) is 0. The van der Waals surface area contributed by atoms with E-state index < -0.39 is 6.43 Å². The zero-order valence-electron chi connectivity index (χ0n) is 7.77. The summed E-state index contributed by atoms with van der Waals surface area (Å²) in [5.41, 5.74) is 0. The van der Waals surface area contributed by atoms with Crippen LogP contribution in [0, 0.1) is 0 Å². The van der Waals surface area contributed by atoms with Crippen LogP contribution in [0.4, 0.5) is 8.78 Å². The number of rotatable bonds is 4. The van der Waals surface area contributed by atoms with Gasteiger partial charge in [-0.25, -0.2) is 8.78 Å². The van der Waals surface area contributed by atoms with Crippen molar-refractivity contribution >= 4 is 0 Å². The molecule has 1 rings (SSSR count). The molecule has 0 aromatic rings. The quantitative estimate of drug-likeness (QED) is 0.735. The summed E-state index contributed by atoms with van der Waals surface area (Å²) in [6, 6.07) is 0. The predicted octanol–water partition coefficient (Wildman–Crippen LogP) is 1.80. The zero-order valence-corrected chi connectivity index (χ0v) is 7.77. The third-order valence-corrected chi connectivity index (χ3v) is 2.21. The first-order chi connectivity index (χ1) is 6.29. The Kier molecular flexibility index (Phi) is 5.23. The fourth-order valence-electron chi connectivity index (χ4n) is 1.48. The second-order valence-corrected chi connectivity index (χ2v) is 3.35. The number of hydrogen-bond acceptors (Lipinski definition) is 2. The SMILES string of the molecule is FC(F)CCOC1CCCNCC1. The van der Waals surface area contributed by atoms with Gasteiger partial charge in [-0.15, -0.1) is 0 Å². The smallest absolute Gasteiger partial charge is 0.240 e. The second kappa shape index (κ2) is 6.27. The van der Waals surface area contributed by atoms with Crippen LogP contribution >= 0.6 is 0 Å². The van der Waals surface area contributed by atoms with Gasteiger partial charge in [-0.1, -0.05) is 0 Å². The van der Waals surface area contributed by atoms with E-state index in [-0.39, 0.29) is 19.1 Å². The lowest BCUT2D eigenvalue weighted by atomic mass is 10.1. The maximum absolute atomic E-state index is 11.8. The highest BCUT2D eigenvalue weighted by Gasteiger charge is 2.12. The van der Waals surface area contributed by atoms with Crippen molar-refractivity contribution in [2.75, 3.05) is 19.7 Å². The lowest BCUT2D eigenvalue weighted by molar-refractivity contribution is 0.0150. The molecular formula is C9H17F2NO. The molecule has 13 heavy (non-hydrogen) atoms. The Morgan fingerprint density at radius 2 is 2.15 bits per heavy atom. The Balaban J connectivity index is 2.05. The predicted molar refractivity (Wildman–Crippen MR) is 47.1 cm³/mol. The van der Waals surface area contributed by atoms with E-state index in [2.05, 4.69) is 5.32 Å². The molecule has 1 saturated heterocycles. The number of hydrogen-bond donors (Lipinski definition) is 1. The van der Waals surface area contributed by atoms with E-state index in [4.69, 9.17) is 4.74 Å². The van der Waals surface area contributed by atoms with Crippen LogP contribution in [-0.4, -0.2) is 32.2 Å². The van der Waals surface area contributed by atoms with Crippen LogP contribution in [0.2, 0.25) is 0 Å². The monoisotopic (exact) mass is 193 g/mol. The summed E-state index contributed by atoms with van der Waals surface area (Å²) in [5, 5.41) is 3.25. The fraction of sp³-hybridized carbons (Fsp3) is 1.00. The summed E-state index contributed by atoms with van der Waals surface area (Å²) in [6.07, 6.45) is 0.848. The Labute approximate surface area is 77.6 Å². The molecule has 4 heteroatoms. The summed E-state index contributed by atoms with van der Waals surface area (Å²) >= 11 is 0. The molecular weight excluding hydrogens is 176 g/mol. The van der Waals surface area contributed by atoms with Gasteiger partial charge in [0, 0.05) is 6.42 Å². The van der Waals surface area contributed by atoms with E-state index in [9.17, 15) is 8.78 Å². The molecule has 0 radical (unpaired) electrons. The molecule has 0 saturated carbocycles. The lowest BCUT2D eigenvalue weighted by Crippen LogP contribution is -2.18. The van der Waals surface area contributed by atoms with Crippen LogP contribution in [0.3, 0.4) is 0 Å². The van der Waals surface area contributed by atoms with Crippen molar-refractivity contribution in [3.63, 3.8) is 0 Å². The average molecular weight is 193 g/mol. The largest absolute Gasteiger partial charge is 0.378 e. The number of alkyl halides is 2.